The number of Topliss-reactive ketones (excluding diaryl/α,β-unsaturated/α-hetero) is 1. The van der Waals surface area contributed by atoms with Crippen molar-refractivity contribution in [3.05, 3.63) is 76.0 Å². The first-order valence-electron chi connectivity index (χ1n) is 8.41. The van der Waals surface area contributed by atoms with Gasteiger partial charge in [-0.1, -0.05) is 32.0 Å². The van der Waals surface area contributed by atoms with Crippen molar-refractivity contribution in [1.82, 2.24) is 0 Å². The number of allylic oxidation sites excluding steroid dienone is 8. The Bertz CT molecular complexity index is 846. The second-order valence-electron chi connectivity index (χ2n) is 7.28. The number of para-hydroxylation sites is 1. The van der Waals surface area contributed by atoms with Gasteiger partial charge in [-0.2, -0.15) is 0 Å². The number of carbonyl (C=O) groups excluding carboxylic acids is 1. The summed E-state index contributed by atoms with van der Waals surface area (Å²) >= 11 is 0. The Morgan fingerprint density at radius 3 is 2.33 bits per heavy atom. The molecule has 2 aliphatic rings. The predicted octanol–water partition coefficient (Wildman–Crippen LogP) is 5.09. The van der Waals surface area contributed by atoms with Gasteiger partial charge < -0.3 is 4.90 Å². The van der Waals surface area contributed by atoms with Gasteiger partial charge in [0, 0.05) is 35.0 Å². The molecular formula is C22H25NO. The van der Waals surface area contributed by atoms with E-state index in [1.54, 1.807) is 0 Å². The first kappa shape index (κ1) is 16.5. The van der Waals surface area contributed by atoms with Crippen molar-refractivity contribution >= 4 is 11.5 Å². The third-order valence-electron chi connectivity index (χ3n) is 5.49. The van der Waals surface area contributed by atoms with E-state index in [0.717, 1.165) is 16.7 Å². The molecule has 1 heterocycles. The van der Waals surface area contributed by atoms with Gasteiger partial charge in [-0.25, -0.2) is 0 Å². The number of hydrogen-bond acceptors (Lipinski definition) is 2. The van der Waals surface area contributed by atoms with Gasteiger partial charge in [0.25, 0.3) is 0 Å². The highest BCUT2D eigenvalue weighted by Crippen LogP contribution is 2.46. The van der Waals surface area contributed by atoms with Crippen LogP contribution in [0.2, 0.25) is 0 Å². The average molecular weight is 319 g/mol. The fourth-order valence-electron chi connectivity index (χ4n) is 3.68. The number of hydrogen-bond donors (Lipinski definition) is 0. The molecule has 0 bridgehead atoms. The largest absolute Gasteiger partial charge is 0.347 e. The van der Waals surface area contributed by atoms with Crippen molar-refractivity contribution in [2.75, 3.05) is 11.9 Å². The standard InChI is InChI=1S/C22H25NO/c1-14-13-17(21(24)16(3)15(14)2)11-12-20-22(4,5)18-9-7-8-10-19(18)23(20)6/h7-13H,1-6H3/b17-11-,20-12+. The smallest absolute Gasteiger partial charge is 0.189 e. The van der Waals surface area contributed by atoms with E-state index < -0.39 is 0 Å². The molecule has 0 fully saturated rings. The van der Waals surface area contributed by atoms with E-state index in [1.165, 1.54) is 22.5 Å². The van der Waals surface area contributed by atoms with Gasteiger partial charge in [-0.3, -0.25) is 4.79 Å². The molecular weight excluding hydrogens is 294 g/mol. The summed E-state index contributed by atoms with van der Waals surface area (Å²) in [4.78, 5) is 14.8. The molecule has 0 saturated carbocycles. The minimum Gasteiger partial charge on any atom is -0.347 e. The van der Waals surface area contributed by atoms with Crippen LogP contribution in [0, 0.1) is 0 Å². The number of ketones is 1. The monoisotopic (exact) mass is 319 g/mol. The minimum atomic E-state index is -0.0698. The van der Waals surface area contributed by atoms with E-state index in [0.29, 0.717) is 0 Å². The molecule has 1 aromatic carbocycles. The maximum atomic E-state index is 12.5. The zero-order valence-corrected chi connectivity index (χ0v) is 15.4. The molecule has 1 aromatic rings. The fourth-order valence-corrected chi connectivity index (χ4v) is 3.68. The Kier molecular flexibility index (Phi) is 3.87. The number of carbonyl (C=O) groups is 1. The van der Waals surface area contributed by atoms with Crippen LogP contribution < -0.4 is 4.90 Å². The van der Waals surface area contributed by atoms with Crippen LogP contribution >= 0.6 is 0 Å². The summed E-state index contributed by atoms with van der Waals surface area (Å²) in [6.07, 6.45) is 6.07. The quantitative estimate of drug-likeness (QED) is 0.672. The molecule has 0 unspecified atom stereocenters. The second kappa shape index (κ2) is 5.62. The predicted molar refractivity (Wildman–Crippen MR) is 101 cm³/mol. The van der Waals surface area contributed by atoms with E-state index in [9.17, 15) is 4.79 Å². The van der Waals surface area contributed by atoms with Crippen molar-refractivity contribution in [3.8, 4) is 0 Å². The van der Waals surface area contributed by atoms with Crippen LogP contribution in [0.15, 0.2) is 70.5 Å². The molecule has 3 rings (SSSR count). The van der Waals surface area contributed by atoms with E-state index in [4.69, 9.17) is 0 Å². The first-order chi connectivity index (χ1) is 11.2. The number of fused-ring (bicyclic) bond motifs is 1. The molecule has 24 heavy (non-hydrogen) atoms. The van der Waals surface area contributed by atoms with Crippen LogP contribution in [0.5, 0.6) is 0 Å². The van der Waals surface area contributed by atoms with Crippen LogP contribution in [0.25, 0.3) is 0 Å². The van der Waals surface area contributed by atoms with Crippen molar-refractivity contribution in [1.29, 1.82) is 0 Å². The summed E-state index contributed by atoms with van der Waals surface area (Å²) in [6.45, 7) is 10.5. The number of benzene rings is 1. The first-order valence-corrected chi connectivity index (χ1v) is 8.41. The number of nitrogens with zero attached hydrogens (tertiary/aromatic N) is 1. The highest BCUT2D eigenvalue weighted by Gasteiger charge is 2.37. The molecule has 0 atom stereocenters. The zero-order valence-electron chi connectivity index (χ0n) is 15.4. The summed E-state index contributed by atoms with van der Waals surface area (Å²) in [5, 5.41) is 0. The molecule has 0 aromatic heterocycles. The molecule has 0 radical (unpaired) electrons. The van der Waals surface area contributed by atoms with Gasteiger partial charge in [0.05, 0.1) is 0 Å². The molecule has 1 aliphatic carbocycles. The van der Waals surface area contributed by atoms with E-state index >= 15 is 0 Å². The Morgan fingerprint density at radius 2 is 1.67 bits per heavy atom. The molecule has 124 valence electrons. The fraction of sp³-hybridized carbons (Fsp3) is 0.318. The molecule has 0 saturated heterocycles. The second-order valence-corrected chi connectivity index (χ2v) is 7.28. The van der Waals surface area contributed by atoms with Crippen LogP contribution in [0.1, 0.15) is 40.2 Å². The Balaban J connectivity index is 2.04. The molecule has 0 amide bonds. The minimum absolute atomic E-state index is 0.0698. The van der Waals surface area contributed by atoms with E-state index in [-0.39, 0.29) is 11.2 Å². The maximum absolute atomic E-state index is 12.5. The van der Waals surface area contributed by atoms with Gasteiger partial charge in [0.1, 0.15) is 0 Å². The van der Waals surface area contributed by atoms with E-state index in [1.807, 2.05) is 26.0 Å². The van der Waals surface area contributed by atoms with E-state index in [2.05, 4.69) is 63.1 Å². The summed E-state index contributed by atoms with van der Waals surface area (Å²) in [6, 6.07) is 8.49. The topological polar surface area (TPSA) is 20.3 Å². The summed E-state index contributed by atoms with van der Waals surface area (Å²) in [7, 11) is 2.09. The Morgan fingerprint density at radius 1 is 1.00 bits per heavy atom. The summed E-state index contributed by atoms with van der Waals surface area (Å²) in [5.41, 5.74) is 7.57. The molecule has 0 N–H and O–H groups in total. The van der Waals surface area contributed by atoms with Gasteiger partial charge in [-0.05, 0) is 61.8 Å². The lowest BCUT2D eigenvalue weighted by molar-refractivity contribution is -0.112. The normalized spacial score (nSPS) is 23.2. The molecule has 1 aliphatic heterocycles. The SMILES string of the molecule is CC1=C/C(=C/C=C2/N(C)c3ccccc3C2(C)C)C(=O)C(C)=C1C. The van der Waals surface area contributed by atoms with Crippen LogP contribution in [-0.2, 0) is 10.2 Å². The Hall–Kier alpha value is -2.35. The molecule has 2 heteroatoms. The van der Waals surface area contributed by atoms with Gasteiger partial charge in [0.2, 0.25) is 0 Å². The zero-order chi connectivity index (χ0) is 17.6. The van der Waals surface area contributed by atoms with Crippen LogP contribution in [0.4, 0.5) is 5.69 Å². The lowest BCUT2D eigenvalue weighted by Gasteiger charge is -2.24. The third kappa shape index (κ3) is 2.37. The van der Waals surface area contributed by atoms with Gasteiger partial charge in [-0.15, -0.1) is 0 Å². The molecule has 2 nitrogen and oxygen atoms in total. The lowest BCUT2D eigenvalue weighted by atomic mass is 9.83. The summed E-state index contributed by atoms with van der Waals surface area (Å²) in [5.74, 6) is 0.130. The van der Waals surface area contributed by atoms with Crippen molar-refractivity contribution < 1.29 is 4.79 Å². The average Bonchev–Trinajstić information content (AvgIpc) is 2.75. The van der Waals surface area contributed by atoms with Crippen molar-refractivity contribution in [2.24, 2.45) is 0 Å². The van der Waals surface area contributed by atoms with Crippen molar-refractivity contribution in [2.45, 2.75) is 40.0 Å². The molecule has 0 spiro atoms. The Labute approximate surface area is 144 Å². The summed E-state index contributed by atoms with van der Waals surface area (Å²) < 4.78 is 0. The highest BCUT2D eigenvalue weighted by atomic mass is 16.1. The number of rotatable bonds is 1. The van der Waals surface area contributed by atoms with Gasteiger partial charge in [0.15, 0.2) is 5.78 Å². The van der Waals surface area contributed by atoms with Gasteiger partial charge >= 0.3 is 0 Å². The number of anilines is 1. The maximum Gasteiger partial charge on any atom is 0.189 e. The lowest BCUT2D eigenvalue weighted by Crippen LogP contribution is -2.22. The van der Waals surface area contributed by atoms with Crippen molar-refractivity contribution in [3.63, 3.8) is 0 Å². The van der Waals surface area contributed by atoms with Crippen LogP contribution in [0.3, 0.4) is 0 Å². The third-order valence-corrected chi connectivity index (χ3v) is 5.49. The van der Waals surface area contributed by atoms with Crippen LogP contribution in [-0.4, -0.2) is 12.8 Å². The highest BCUT2D eigenvalue weighted by molar-refractivity contribution is 6.12. The number of likely N-dealkylation sites (N-methyl/N-ethyl adjacent to an activating group) is 1.